The van der Waals surface area contributed by atoms with Crippen LogP contribution in [0.5, 0.6) is 0 Å². The standard InChI is InChI=1S/C18H22N2O3S/c1-12-6-8-15(10-14(12)3)18(21)19-17-11-16(9-7-13(17)2)24(22,23)20(4)5/h6-11H,1-5H3,(H,19,21). The molecule has 0 aromatic heterocycles. The van der Waals surface area contributed by atoms with Gasteiger partial charge in [0.2, 0.25) is 10.0 Å². The summed E-state index contributed by atoms with van der Waals surface area (Å²) in [6.07, 6.45) is 0. The molecule has 1 amide bonds. The summed E-state index contributed by atoms with van der Waals surface area (Å²) in [5.41, 5.74) is 3.97. The molecular weight excluding hydrogens is 324 g/mol. The predicted octanol–water partition coefficient (Wildman–Crippen LogP) is 3.11. The van der Waals surface area contributed by atoms with Crippen LogP contribution in [0.3, 0.4) is 0 Å². The third-order valence-corrected chi connectivity index (χ3v) is 5.82. The normalized spacial score (nSPS) is 11.6. The molecule has 5 nitrogen and oxygen atoms in total. The molecule has 0 bridgehead atoms. The zero-order valence-electron chi connectivity index (χ0n) is 14.5. The van der Waals surface area contributed by atoms with Crippen LogP contribution in [0.15, 0.2) is 41.3 Å². The summed E-state index contributed by atoms with van der Waals surface area (Å²) < 4.78 is 25.6. The van der Waals surface area contributed by atoms with E-state index < -0.39 is 10.0 Å². The van der Waals surface area contributed by atoms with Gasteiger partial charge in [-0.25, -0.2) is 12.7 Å². The Kier molecular flexibility index (Phi) is 5.11. The molecule has 1 N–H and O–H groups in total. The highest BCUT2D eigenvalue weighted by atomic mass is 32.2. The van der Waals surface area contributed by atoms with Crippen LogP contribution in [-0.2, 0) is 10.0 Å². The summed E-state index contributed by atoms with van der Waals surface area (Å²) >= 11 is 0. The predicted molar refractivity (Wildman–Crippen MR) is 95.9 cm³/mol. The van der Waals surface area contributed by atoms with Crippen molar-refractivity contribution in [2.45, 2.75) is 25.7 Å². The number of rotatable bonds is 4. The second-order valence-electron chi connectivity index (χ2n) is 6.02. The van der Waals surface area contributed by atoms with E-state index in [-0.39, 0.29) is 10.8 Å². The average Bonchev–Trinajstić information content (AvgIpc) is 2.51. The van der Waals surface area contributed by atoms with E-state index in [2.05, 4.69) is 5.32 Å². The number of benzene rings is 2. The third kappa shape index (κ3) is 3.66. The van der Waals surface area contributed by atoms with Crippen LogP contribution in [0, 0.1) is 20.8 Å². The van der Waals surface area contributed by atoms with Crippen LogP contribution in [0.2, 0.25) is 0 Å². The van der Waals surface area contributed by atoms with E-state index in [4.69, 9.17) is 0 Å². The minimum Gasteiger partial charge on any atom is -0.322 e. The molecule has 2 rings (SSSR count). The lowest BCUT2D eigenvalue weighted by Gasteiger charge is -2.14. The Morgan fingerprint density at radius 1 is 0.917 bits per heavy atom. The smallest absolute Gasteiger partial charge is 0.255 e. The molecule has 0 aliphatic carbocycles. The highest BCUT2D eigenvalue weighted by Gasteiger charge is 2.19. The highest BCUT2D eigenvalue weighted by molar-refractivity contribution is 7.89. The molecule has 0 aliphatic heterocycles. The zero-order chi connectivity index (χ0) is 18.1. The second-order valence-corrected chi connectivity index (χ2v) is 8.17. The van der Waals surface area contributed by atoms with Gasteiger partial charge in [-0.3, -0.25) is 4.79 Å². The summed E-state index contributed by atoms with van der Waals surface area (Å²) in [7, 11) is -0.597. The van der Waals surface area contributed by atoms with Crippen LogP contribution in [0.1, 0.15) is 27.0 Å². The minimum absolute atomic E-state index is 0.147. The molecule has 0 saturated carbocycles. The van der Waals surface area contributed by atoms with Crippen LogP contribution < -0.4 is 5.32 Å². The zero-order valence-corrected chi connectivity index (χ0v) is 15.4. The van der Waals surface area contributed by atoms with Crippen molar-refractivity contribution >= 4 is 21.6 Å². The molecule has 0 spiro atoms. The molecule has 24 heavy (non-hydrogen) atoms. The molecule has 6 heteroatoms. The van der Waals surface area contributed by atoms with Crippen LogP contribution in [-0.4, -0.2) is 32.7 Å². The van der Waals surface area contributed by atoms with Gasteiger partial charge in [-0.15, -0.1) is 0 Å². The summed E-state index contributed by atoms with van der Waals surface area (Å²) in [5, 5.41) is 2.80. The van der Waals surface area contributed by atoms with Crippen molar-refractivity contribution in [1.29, 1.82) is 0 Å². The van der Waals surface area contributed by atoms with Crippen molar-refractivity contribution in [2.75, 3.05) is 19.4 Å². The van der Waals surface area contributed by atoms with Gasteiger partial charge in [0, 0.05) is 25.3 Å². The van der Waals surface area contributed by atoms with Gasteiger partial charge in [-0.05, 0) is 61.7 Å². The molecule has 0 saturated heterocycles. The largest absolute Gasteiger partial charge is 0.322 e. The Labute approximate surface area is 143 Å². The number of carbonyl (C=O) groups excluding carboxylic acids is 1. The number of amides is 1. The van der Waals surface area contributed by atoms with E-state index in [1.54, 1.807) is 12.1 Å². The van der Waals surface area contributed by atoms with Crippen molar-refractivity contribution in [3.05, 3.63) is 58.7 Å². The summed E-state index contributed by atoms with van der Waals surface area (Å²) in [6.45, 7) is 5.75. The SMILES string of the molecule is Cc1ccc(C(=O)Nc2cc(S(=O)(=O)N(C)C)ccc2C)cc1C. The maximum absolute atomic E-state index is 12.5. The van der Waals surface area contributed by atoms with Gasteiger partial charge >= 0.3 is 0 Å². The first-order valence-corrected chi connectivity index (χ1v) is 8.98. The van der Waals surface area contributed by atoms with E-state index in [9.17, 15) is 13.2 Å². The van der Waals surface area contributed by atoms with Crippen LogP contribution >= 0.6 is 0 Å². The Balaban J connectivity index is 2.35. The molecular formula is C18H22N2O3S. The van der Waals surface area contributed by atoms with Crippen molar-refractivity contribution in [3.63, 3.8) is 0 Å². The fourth-order valence-corrected chi connectivity index (χ4v) is 3.11. The summed E-state index contributed by atoms with van der Waals surface area (Å²) in [4.78, 5) is 12.6. The number of hydrogen-bond acceptors (Lipinski definition) is 3. The van der Waals surface area contributed by atoms with Crippen LogP contribution in [0.25, 0.3) is 0 Å². The van der Waals surface area contributed by atoms with Crippen molar-refractivity contribution < 1.29 is 13.2 Å². The van der Waals surface area contributed by atoms with E-state index in [1.165, 1.54) is 26.2 Å². The van der Waals surface area contributed by atoms with E-state index in [0.717, 1.165) is 21.0 Å². The summed E-state index contributed by atoms with van der Waals surface area (Å²) in [5.74, 6) is -0.263. The molecule has 0 radical (unpaired) electrons. The number of carbonyl (C=O) groups is 1. The molecule has 0 fully saturated rings. The average molecular weight is 346 g/mol. The van der Waals surface area contributed by atoms with E-state index in [1.807, 2.05) is 32.9 Å². The summed E-state index contributed by atoms with van der Waals surface area (Å²) in [6, 6.07) is 10.2. The molecule has 0 atom stereocenters. The molecule has 128 valence electrons. The number of hydrogen-bond donors (Lipinski definition) is 1. The fraction of sp³-hybridized carbons (Fsp3) is 0.278. The number of anilines is 1. The number of aryl methyl sites for hydroxylation is 3. The number of nitrogens with zero attached hydrogens (tertiary/aromatic N) is 1. The maximum Gasteiger partial charge on any atom is 0.255 e. The lowest BCUT2D eigenvalue weighted by Crippen LogP contribution is -2.22. The molecule has 2 aromatic rings. The van der Waals surface area contributed by atoms with Crippen molar-refractivity contribution in [1.82, 2.24) is 4.31 Å². The monoisotopic (exact) mass is 346 g/mol. The van der Waals surface area contributed by atoms with Gasteiger partial charge in [0.1, 0.15) is 0 Å². The van der Waals surface area contributed by atoms with Gasteiger partial charge in [-0.1, -0.05) is 12.1 Å². The van der Waals surface area contributed by atoms with Crippen LogP contribution in [0.4, 0.5) is 5.69 Å². The Bertz CT molecular complexity index is 887. The van der Waals surface area contributed by atoms with Gasteiger partial charge < -0.3 is 5.32 Å². The Hall–Kier alpha value is -2.18. The van der Waals surface area contributed by atoms with Gasteiger partial charge in [0.05, 0.1) is 4.90 Å². The van der Waals surface area contributed by atoms with E-state index >= 15 is 0 Å². The highest BCUT2D eigenvalue weighted by Crippen LogP contribution is 2.23. The first-order valence-electron chi connectivity index (χ1n) is 7.54. The Morgan fingerprint density at radius 3 is 2.12 bits per heavy atom. The molecule has 2 aromatic carbocycles. The first kappa shape index (κ1) is 18.2. The minimum atomic E-state index is -3.55. The fourth-order valence-electron chi connectivity index (χ4n) is 2.18. The topological polar surface area (TPSA) is 66.5 Å². The van der Waals surface area contributed by atoms with Gasteiger partial charge in [0.25, 0.3) is 5.91 Å². The first-order chi connectivity index (χ1) is 11.1. The quantitative estimate of drug-likeness (QED) is 0.925. The number of nitrogens with one attached hydrogen (secondary N) is 1. The van der Waals surface area contributed by atoms with Gasteiger partial charge in [-0.2, -0.15) is 0 Å². The number of sulfonamides is 1. The van der Waals surface area contributed by atoms with Gasteiger partial charge in [0.15, 0.2) is 0 Å². The lowest BCUT2D eigenvalue weighted by atomic mass is 10.1. The molecule has 0 unspecified atom stereocenters. The maximum atomic E-state index is 12.5. The van der Waals surface area contributed by atoms with E-state index in [0.29, 0.717) is 11.3 Å². The molecule has 0 aliphatic rings. The third-order valence-electron chi connectivity index (χ3n) is 4.00. The van der Waals surface area contributed by atoms with Crippen molar-refractivity contribution in [3.8, 4) is 0 Å². The molecule has 0 heterocycles. The Morgan fingerprint density at radius 2 is 1.54 bits per heavy atom. The lowest BCUT2D eigenvalue weighted by molar-refractivity contribution is 0.102. The second kappa shape index (κ2) is 6.75. The van der Waals surface area contributed by atoms with Crippen molar-refractivity contribution in [2.24, 2.45) is 0 Å².